The highest BCUT2D eigenvalue weighted by atomic mass is 35.5. The number of nitrogens with one attached hydrogen (secondary N) is 1. The predicted molar refractivity (Wildman–Crippen MR) is 115 cm³/mol. The Hall–Kier alpha value is -3.59. The third-order valence-corrected chi connectivity index (χ3v) is 5.14. The van der Waals surface area contributed by atoms with Gasteiger partial charge in [0, 0.05) is 25.1 Å². The SMILES string of the molecule is COc1cc(NC(=O)c2ccccc2Cl)c(C(=O)OCC(=O)N2CCCC2=O)cc1OC. The summed E-state index contributed by atoms with van der Waals surface area (Å²) in [6.45, 7) is -0.318. The molecule has 0 radical (unpaired) electrons. The number of imide groups is 1. The minimum atomic E-state index is -0.889. The Kier molecular flexibility index (Phi) is 7.32. The summed E-state index contributed by atoms with van der Waals surface area (Å²) in [5.41, 5.74) is 0.205. The molecule has 10 heteroatoms. The largest absolute Gasteiger partial charge is 0.493 e. The molecular weight excluding hydrogens is 440 g/mol. The van der Waals surface area contributed by atoms with Gasteiger partial charge < -0.3 is 19.5 Å². The Labute approximate surface area is 189 Å². The Morgan fingerprint density at radius 3 is 2.38 bits per heavy atom. The molecule has 1 saturated heterocycles. The quantitative estimate of drug-likeness (QED) is 0.632. The summed E-state index contributed by atoms with van der Waals surface area (Å²) in [5.74, 6) is -1.88. The van der Waals surface area contributed by atoms with Crippen molar-refractivity contribution in [2.24, 2.45) is 0 Å². The van der Waals surface area contributed by atoms with Crippen LogP contribution in [0.15, 0.2) is 36.4 Å². The molecule has 1 aliphatic heterocycles. The lowest BCUT2D eigenvalue weighted by atomic mass is 10.1. The van der Waals surface area contributed by atoms with E-state index in [1.807, 2.05) is 0 Å². The first-order chi connectivity index (χ1) is 15.3. The van der Waals surface area contributed by atoms with Crippen molar-refractivity contribution in [2.75, 3.05) is 32.7 Å². The number of benzene rings is 2. The molecule has 0 saturated carbocycles. The minimum absolute atomic E-state index is 0.0661. The number of anilines is 1. The zero-order valence-corrected chi connectivity index (χ0v) is 18.2. The van der Waals surface area contributed by atoms with Crippen molar-refractivity contribution in [3.63, 3.8) is 0 Å². The summed E-state index contributed by atoms with van der Waals surface area (Å²) in [7, 11) is 2.79. The molecule has 168 valence electrons. The van der Waals surface area contributed by atoms with E-state index in [1.165, 1.54) is 32.4 Å². The first-order valence-corrected chi connectivity index (χ1v) is 10.1. The van der Waals surface area contributed by atoms with Crippen LogP contribution < -0.4 is 14.8 Å². The van der Waals surface area contributed by atoms with Crippen LogP contribution in [-0.4, -0.2) is 56.0 Å². The van der Waals surface area contributed by atoms with Gasteiger partial charge in [0.1, 0.15) is 0 Å². The van der Waals surface area contributed by atoms with Crippen molar-refractivity contribution in [3.8, 4) is 11.5 Å². The molecule has 1 N–H and O–H groups in total. The van der Waals surface area contributed by atoms with Crippen LogP contribution >= 0.6 is 11.6 Å². The van der Waals surface area contributed by atoms with Gasteiger partial charge in [0.2, 0.25) is 5.91 Å². The standard InChI is InChI=1S/C22H21ClN2O7/c1-30-17-10-14(22(29)32-12-20(27)25-9-5-8-19(25)26)16(11-18(17)31-2)24-21(28)13-6-3-4-7-15(13)23/h3-4,6-7,10-11H,5,8-9,12H2,1-2H3,(H,24,28). The molecule has 1 heterocycles. The van der Waals surface area contributed by atoms with E-state index in [2.05, 4.69) is 5.32 Å². The van der Waals surface area contributed by atoms with Crippen LogP contribution in [0.5, 0.6) is 11.5 Å². The number of ether oxygens (including phenoxy) is 3. The fourth-order valence-electron chi connectivity index (χ4n) is 3.18. The molecule has 2 aromatic carbocycles. The average Bonchev–Trinajstić information content (AvgIpc) is 3.23. The van der Waals surface area contributed by atoms with Crippen LogP contribution in [0.25, 0.3) is 0 Å². The molecule has 32 heavy (non-hydrogen) atoms. The molecular formula is C22H21ClN2O7. The molecule has 1 fully saturated rings. The molecule has 3 rings (SSSR count). The van der Waals surface area contributed by atoms with Gasteiger partial charge in [-0.25, -0.2) is 4.79 Å². The van der Waals surface area contributed by atoms with Crippen molar-refractivity contribution in [1.82, 2.24) is 4.90 Å². The van der Waals surface area contributed by atoms with Crippen LogP contribution in [0, 0.1) is 0 Å². The van der Waals surface area contributed by atoms with Gasteiger partial charge in [0.05, 0.1) is 36.1 Å². The normalized spacial score (nSPS) is 13.0. The third-order valence-electron chi connectivity index (χ3n) is 4.81. The summed E-state index contributed by atoms with van der Waals surface area (Å²) in [6, 6.07) is 9.15. The molecule has 0 atom stereocenters. The molecule has 1 aliphatic rings. The number of rotatable bonds is 7. The fraction of sp³-hybridized carbons (Fsp3) is 0.273. The van der Waals surface area contributed by atoms with Crippen molar-refractivity contribution in [2.45, 2.75) is 12.8 Å². The van der Waals surface area contributed by atoms with Gasteiger partial charge in [-0.2, -0.15) is 0 Å². The van der Waals surface area contributed by atoms with E-state index in [-0.39, 0.29) is 45.7 Å². The highest BCUT2D eigenvalue weighted by molar-refractivity contribution is 6.34. The number of hydrogen-bond donors (Lipinski definition) is 1. The molecule has 0 aromatic heterocycles. The highest BCUT2D eigenvalue weighted by Crippen LogP contribution is 2.34. The van der Waals surface area contributed by atoms with Crippen molar-refractivity contribution < 1.29 is 33.4 Å². The maximum Gasteiger partial charge on any atom is 0.340 e. The van der Waals surface area contributed by atoms with Crippen molar-refractivity contribution >= 4 is 41.0 Å². The molecule has 0 bridgehead atoms. The maximum atomic E-state index is 12.8. The number of carbonyl (C=O) groups is 4. The van der Waals surface area contributed by atoms with Gasteiger partial charge in [-0.05, 0) is 18.6 Å². The maximum absolute atomic E-state index is 12.8. The number of methoxy groups -OCH3 is 2. The summed E-state index contributed by atoms with van der Waals surface area (Å²) >= 11 is 6.09. The van der Waals surface area contributed by atoms with E-state index in [0.717, 1.165) is 4.90 Å². The fourth-order valence-corrected chi connectivity index (χ4v) is 3.40. The highest BCUT2D eigenvalue weighted by Gasteiger charge is 2.28. The van der Waals surface area contributed by atoms with Crippen LogP contribution in [0.1, 0.15) is 33.6 Å². The van der Waals surface area contributed by atoms with Gasteiger partial charge in [-0.1, -0.05) is 23.7 Å². The molecule has 9 nitrogen and oxygen atoms in total. The van der Waals surface area contributed by atoms with Crippen LogP contribution in [0.4, 0.5) is 5.69 Å². The van der Waals surface area contributed by atoms with Crippen LogP contribution in [0.2, 0.25) is 5.02 Å². The van der Waals surface area contributed by atoms with Crippen molar-refractivity contribution in [1.29, 1.82) is 0 Å². The number of hydrogen-bond acceptors (Lipinski definition) is 7. The third kappa shape index (κ3) is 5.00. The Bertz CT molecular complexity index is 1070. The minimum Gasteiger partial charge on any atom is -0.493 e. The van der Waals surface area contributed by atoms with E-state index in [0.29, 0.717) is 13.0 Å². The van der Waals surface area contributed by atoms with E-state index in [1.54, 1.807) is 18.2 Å². The number of carbonyl (C=O) groups excluding carboxylic acids is 4. The lowest BCUT2D eigenvalue weighted by Gasteiger charge is -2.17. The number of nitrogens with zero attached hydrogens (tertiary/aromatic N) is 1. The second kappa shape index (κ2) is 10.1. The van der Waals surface area contributed by atoms with Gasteiger partial charge in [0.25, 0.3) is 11.8 Å². The molecule has 0 aliphatic carbocycles. The van der Waals surface area contributed by atoms with Gasteiger partial charge in [-0.15, -0.1) is 0 Å². The zero-order chi connectivity index (χ0) is 23.3. The van der Waals surface area contributed by atoms with E-state index >= 15 is 0 Å². The van der Waals surface area contributed by atoms with Crippen molar-refractivity contribution in [3.05, 3.63) is 52.5 Å². The topological polar surface area (TPSA) is 111 Å². The molecule has 2 aromatic rings. The first kappa shape index (κ1) is 23.1. The number of halogens is 1. The van der Waals surface area contributed by atoms with E-state index in [9.17, 15) is 19.2 Å². The van der Waals surface area contributed by atoms with E-state index < -0.39 is 24.4 Å². The molecule has 0 spiro atoms. The van der Waals surface area contributed by atoms with Gasteiger partial charge in [-0.3, -0.25) is 19.3 Å². The lowest BCUT2D eigenvalue weighted by molar-refractivity contribution is -0.143. The second-order valence-electron chi connectivity index (χ2n) is 6.81. The Balaban J connectivity index is 1.85. The van der Waals surface area contributed by atoms with Crippen LogP contribution in [0.3, 0.4) is 0 Å². The lowest BCUT2D eigenvalue weighted by Crippen LogP contribution is -2.35. The van der Waals surface area contributed by atoms with Gasteiger partial charge >= 0.3 is 5.97 Å². The van der Waals surface area contributed by atoms with Crippen LogP contribution in [-0.2, 0) is 14.3 Å². The predicted octanol–water partition coefficient (Wildman–Crippen LogP) is 2.92. The molecule has 3 amide bonds. The Morgan fingerprint density at radius 2 is 1.75 bits per heavy atom. The van der Waals surface area contributed by atoms with Gasteiger partial charge in [0.15, 0.2) is 18.1 Å². The second-order valence-corrected chi connectivity index (χ2v) is 7.21. The number of likely N-dealkylation sites (tertiary alicyclic amines) is 1. The number of esters is 1. The number of amides is 3. The zero-order valence-electron chi connectivity index (χ0n) is 17.5. The Morgan fingerprint density at radius 1 is 1.06 bits per heavy atom. The molecule has 0 unspecified atom stereocenters. The first-order valence-electron chi connectivity index (χ1n) is 9.68. The average molecular weight is 461 g/mol. The summed E-state index contributed by atoms with van der Waals surface area (Å²) < 4.78 is 15.6. The monoisotopic (exact) mass is 460 g/mol. The smallest absolute Gasteiger partial charge is 0.340 e. The summed E-state index contributed by atoms with van der Waals surface area (Å²) in [5, 5.41) is 2.85. The van der Waals surface area contributed by atoms with E-state index in [4.69, 9.17) is 25.8 Å². The summed E-state index contributed by atoms with van der Waals surface area (Å²) in [4.78, 5) is 50.4. The summed E-state index contributed by atoms with van der Waals surface area (Å²) in [6.07, 6.45) is 0.861.